The summed E-state index contributed by atoms with van der Waals surface area (Å²) in [7, 11) is 0. The molecular formula is C13H22N4OS. The molecule has 1 unspecified atom stereocenters. The summed E-state index contributed by atoms with van der Waals surface area (Å²) >= 11 is 1.36. The van der Waals surface area contributed by atoms with Crippen molar-refractivity contribution in [1.29, 1.82) is 0 Å². The molecule has 5 nitrogen and oxygen atoms in total. The average Bonchev–Trinajstić information content (AvgIpc) is 2.78. The number of amides is 1. The number of nitrogens with one attached hydrogen (secondary N) is 1. The van der Waals surface area contributed by atoms with E-state index in [1.165, 1.54) is 24.2 Å². The molecule has 106 valence electrons. The zero-order valence-electron chi connectivity index (χ0n) is 11.7. The molecule has 1 N–H and O–H groups in total. The Bertz CT molecular complexity index is 421. The maximum Gasteiger partial charge on any atom is 0.285 e. The summed E-state index contributed by atoms with van der Waals surface area (Å²) in [6.45, 7) is 5.93. The van der Waals surface area contributed by atoms with Crippen LogP contribution in [-0.2, 0) is 0 Å². The lowest BCUT2D eigenvalue weighted by atomic mass is 10.1. The molecule has 0 radical (unpaired) electrons. The van der Waals surface area contributed by atoms with Crippen LogP contribution in [0.5, 0.6) is 0 Å². The van der Waals surface area contributed by atoms with Gasteiger partial charge in [0.1, 0.15) is 0 Å². The second-order valence-electron chi connectivity index (χ2n) is 5.04. The summed E-state index contributed by atoms with van der Waals surface area (Å²) < 4.78 is 0. The Hall–Kier alpha value is -1.17. The van der Waals surface area contributed by atoms with Gasteiger partial charge in [0, 0.05) is 19.1 Å². The minimum absolute atomic E-state index is 0.0384. The van der Waals surface area contributed by atoms with Crippen molar-refractivity contribution in [2.75, 3.05) is 18.4 Å². The zero-order chi connectivity index (χ0) is 13.7. The van der Waals surface area contributed by atoms with Crippen molar-refractivity contribution in [3.63, 3.8) is 0 Å². The van der Waals surface area contributed by atoms with E-state index >= 15 is 0 Å². The van der Waals surface area contributed by atoms with Crippen molar-refractivity contribution >= 4 is 22.4 Å². The first-order valence-electron chi connectivity index (χ1n) is 7.10. The number of hydrogen-bond acceptors (Lipinski definition) is 5. The third-order valence-corrected chi connectivity index (χ3v) is 4.32. The largest absolute Gasteiger partial charge is 0.360 e. The van der Waals surface area contributed by atoms with Crippen molar-refractivity contribution < 1.29 is 4.79 Å². The maximum atomic E-state index is 12.5. The molecule has 0 aromatic carbocycles. The minimum Gasteiger partial charge on any atom is -0.360 e. The number of nitrogens with zero attached hydrogens (tertiary/aromatic N) is 3. The maximum absolute atomic E-state index is 12.5. The van der Waals surface area contributed by atoms with Gasteiger partial charge in [0.05, 0.1) is 0 Å². The predicted molar refractivity (Wildman–Crippen MR) is 77.7 cm³/mol. The van der Waals surface area contributed by atoms with E-state index in [1.54, 1.807) is 0 Å². The Morgan fingerprint density at radius 1 is 1.42 bits per heavy atom. The van der Waals surface area contributed by atoms with Crippen LogP contribution in [0, 0.1) is 0 Å². The lowest BCUT2D eigenvalue weighted by Gasteiger charge is -2.25. The normalized spacial score (nSPS) is 20.1. The summed E-state index contributed by atoms with van der Waals surface area (Å²) in [5.74, 6) is 0.0384. The Labute approximate surface area is 118 Å². The fourth-order valence-corrected chi connectivity index (χ4v) is 3.04. The second kappa shape index (κ2) is 6.84. The number of likely N-dealkylation sites (tertiary alicyclic amines) is 1. The highest BCUT2D eigenvalue weighted by Crippen LogP contribution is 2.22. The lowest BCUT2D eigenvalue weighted by molar-refractivity contribution is 0.0696. The van der Waals surface area contributed by atoms with Gasteiger partial charge in [-0.05, 0) is 26.2 Å². The van der Waals surface area contributed by atoms with Crippen LogP contribution in [0.15, 0.2) is 0 Å². The fourth-order valence-electron chi connectivity index (χ4n) is 2.31. The van der Waals surface area contributed by atoms with Crippen LogP contribution in [-0.4, -0.2) is 40.1 Å². The van der Waals surface area contributed by atoms with Crippen molar-refractivity contribution in [2.24, 2.45) is 0 Å². The molecule has 1 fully saturated rings. The van der Waals surface area contributed by atoms with E-state index in [0.29, 0.717) is 11.0 Å². The van der Waals surface area contributed by atoms with E-state index in [2.05, 4.69) is 29.4 Å². The van der Waals surface area contributed by atoms with Gasteiger partial charge in [-0.3, -0.25) is 4.79 Å². The number of anilines is 1. The van der Waals surface area contributed by atoms with Crippen LogP contribution < -0.4 is 5.32 Å². The zero-order valence-corrected chi connectivity index (χ0v) is 12.5. The number of carbonyl (C=O) groups is 1. The van der Waals surface area contributed by atoms with E-state index in [1.807, 2.05) is 4.90 Å². The summed E-state index contributed by atoms with van der Waals surface area (Å²) in [4.78, 5) is 14.4. The number of hydrogen-bond donors (Lipinski definition) is 1. The molecule has 1 aromatic heterocycles. The second-order valence-corrected chi connectivity index (χ2v) is 6.01. The molecule has 1 aliphatic heterocycles. The topological polar surface area (TPSA) is 58.1 Å². The van der Waals surface area contributed by atoms with Gasteiger partial charge in [-0.25, -0.2) is 0 Å². The van der Waals surface area contributed by atoms with E-state index in [9.17, 15) is 4.79 Å². The van der Waals surface area contributed by atoms with Gasteiger partial charge in [0.25, 0.3) is 5.91 Å². The van der Waals surface area contributed by atoms with Crippen LogP contribution in [0.1, 0.15) is 55.8 Å². The van der Waals surface area contributed by atoms with Crippen molar-refractivity contribution in [1.82, 2.24) is 15.1 Å². The first-order chi connectivity index (χ1) is 9.22. The van der Waals surface area contributed by atoms with E-state index in [0.717, 1.165) is 37.5 Å². The number of carbonyl (C=O) groups excluding carboxylic acids is 1. The molecule has 1 amide bonds. The molecule has 2 rings (SSSR count). The lowest BCUT2D eigenvalue weighted by Crippen LogP contribution is -2.38. The van der Waals surface area contributed by atoms with Gasteiger partial charge in [-0.2, -0.15) is 0 Å². The predicted octanol–water partition coefficient (Wildman–Crippen LogP) is 2.76. The molecular weight excluding hydrogens is 260 g/mol. The third kappa shape index (κ3) is 3.65. The first kappa shape index (κ1) is 14.2. The van der Waals surface area contributed by atoms with E-state index in [4.69, 9.17) is 0 Å². The molecule has 19 heavy (non-hydrogen) atoms. The molecule has 0 spiro atoms. The van der Waals surface area contributed by atoms with Crippen molar-refractivity contribution in [2.45, 2.75) is 52.0 Å². The molecule has 0 bridgehead atoms. The molecule has 1 atom stereocenters. The molecule has 0 saturated carbocycles. The Kier molecular flexibility index (Phi) is 5.13. The van der Waals surface area contributed by atoms with Gasteiger partial charge < -0.3 is 10.2 Å². The van der Waals surface area contributed by atoms with Gasteiger partial charge in [-0.1, -0.05) is 31.1 Å². The average molecular weight is 282 g/mol. The highest BCUT2D eigenvalue weighted by molar-refractivity contribution is 7.17. The minimum atomic E-state index is 0.0384. The smallest absolute Gasteiger partial charge is 0.285 e. The van der Waals surface area contributed by atoms with Gasteiger partial charge in [0.15, 0.2) is 0 Å². The SMILES string of the molecule is CCCNc1nnc(C(=O)N2CCCCCC2C)s1. The van der Waals surface area contributed by atoms with Gasteiger partial charge in [-0.15, -0.1) is 10.2 Å². The molecule has 6 heteroatoms. The summed E-state index contributed by atoms with van der Waals surface area (Å²) in [5.41, 5.74) is 0. The number of aromatic nitrogens is 2. The Morgan fingerprint density at radius 2 is 2.26 bits per heavy atom. The quantitative estimate of drug-likeness (QED) is 0.922. The summed E-state index contributed by atoms with van der Waals surface area (Å²) in [6.07, 6.45) is 5.64. The third-order valence-electron chi connectivity index (χ3n) is 3.45. The van der Waals surface area contributed by atoms with Crippen molar-refractivity contribution in [3.05, 3.63) is 5.01 Å². The molecule has 2 heterocycles. The van der Waals surface area contributed by atoms with E-state index in [-0.39, 0.29) is 5.91 Å². The highest BCUT2D eigenvalue weighted by Gasteiger charge is 2.25. The number of rotatable bonds is 4. The van der Waals surface area contributed by atoms with Crippen LogP contribution in [0.4, 0.5) is 5.13 Å². The fraction of sp³-hybridized carbons (Fsp3) is 0.769. The Balaban J connectivity index is 2.03. The molecule has 0 aliphatic carbocycles. The molecule has 1 aromatic rings. The molecule has 1 saturated heterocycles. The standard InChI is InChI=1S/C13H22N4OS/c1-3-8-14-13-16-15-11(19-13)12(18)17-9-6-4-5-7-10(17)2/h10H,3-9H2,1-2H3,(H,14,16). The van der Waals surface area contributed by atoms with Crippen LogP contribution >= 0.6 is 11.3 Å². The monoisotopic (exact) mass is 282 g/mol. The van der Waals surface area contributed by atoms with Crippen molar-refractivity contribution in [3.8, 4) is 0 Å². The van der Waals surface area contributed by atoms with Gasteiger partial charge >= 0.3 is 0 Å². The van der Waals surface area contributed by atoms with Crippen LogP contribution in [0.2, 0.25) is 0 Å². The molecule has 1 aliphatic rings. The Morgan fingerprint density at radius 3 is 3.05 bits per heavy atom. The first-order valence-corrected chi connectivity index (χ1v) is 7.92. The van der Waals surface area contributed by atoms with Gasteiger partial charge in [0.2, 0.25) is 10.1 Å². The van der Waals surface area contributed by atoms with Crippen LogP contribution in [0.25, 0.3) is 0 Å². The van der Waals surface area contributed by atoms with E-state index < -0.39 is 0 Å². The summed E-state index contributed by atoms with van der Waals surface area (Å²) in [6, 6.07) is 0.311. The summed E-state index contributed by atoms with van der Waals surface area (Å²) in [5, 5.41) is 12.5. The highest BCUT2D eigenvalue weighted by atomic mass is 32.1. The van der Waals surface area contributed by atoms with Crippen LogP contribution in [0.3, 0.4) is 0 Å².